The summed E-state index contributed by atoms with van der Waals surface area (Å²) in [5, 5.41) is 9.42. The molecule has 1 aliphatic carbocycles. The minimum absolute atomic E-state index is 0.0458. The number of H-pyrrole nitrogens is 1. The van der Waals surface area contributed by atoms with Gasteiger partial charge in [0.25, 0.3) is 0 Å². The van der Waals surface area contributed by atoms with Crippen molar-refractivity contribution in [2.45, 2.75) is 37.0 Å². The molecule has 3 rings (SSSR count). The zero-order valence-electron chi connectivity index (χ0n) is 12.9. The Bertz CT molecular complexity index is 816. The number of nitrogens with zero attached hydrogens (tertiary/aromatic N) is 2. The van der Waals surface area contributed by atoms with Crippen molar-refractivity contribution in [3.05, 3.63) is 45.9 Å². The molecule has 0 spiro atoms. The molecule has 1 amide bonds. The molecule has 1 fully saturated rings. The van der Waals surface area contributed by atoms with Crippen LogP contribution in [0.5, 0.6) is 0 Å². The lowest BCUT2D eigenvalue weighted by atomic mass is 10.1. The fourth-order valence-electron chi connectivity index (χ4n) is 2.39. The molecule has 1 aromatic heterocycles. The summed E-state index contributed by atoms with van der Waals surface area (Å²) in [6.45, 7) is 1.62. The molecule has 128 valence electrons. The molecule has 24 heavy (non-hydrogen) atoms. The first kappa shape index (κ1) is 16.7. The minimum atomic E-state index is -0.703. The van der Waals surface area contributed by atoms with E-state index in [0.717, 1.165) is 36.7 Å². The van der Waals surface area contributed by atoms with Crippen LogP contribution in [-0.4, -0.2) is 26.4 Å². The highest BCUT2D eigenvalue weighted by Crippen LogP contribution is 2.35. The van der Waals surface area contributed by atoms with Crippen LogP contribution >= 0.6 is 11.8 Å². The van der Waals surface area contributed by atoms with Crippen LogP contribution in [0.15, 0.2) is 28.2 Å². The summed E-state index contributed by atoms with van der Waals surface area (Å²) in [5.41, 5.74) is -0.0634. The average Bonchev–Trinajstić information content (AvgIpc) is 3.28. The molecule has 2 aromatic rings. The highest BCUT2D eigenvalue weighted by molar-refractivity contribution is 7.99. The summed E-state index contributed by atoms with van der Waals surface area (Å²) in [5.74, 6) is -1.65. The van der Waals surface area contributed by atoms with E-state index in [4.69, 9.17) is 0 Å². The highest BCUT2D eigenvalue weighted by Gasteiger charge is 2.28. The Morgan fingerprint density at radius 3 is 2.92 bits per heavy atom. The van der Waals surface area contributed by atoms with Gasteiger partial charge in [-0.25, -0.2) is 18.7 Å². The second-order valence-electron chi connectivity index (χ2n) is 5.66. The Hall–Kier alpha value is -2.16. The Morgan fingerprint density at radius 2 is 2.25 bits per heavy atom. The number of thioether (sulfide) groups is 1. The van der Waals surface area contributed by atoms with Crippen molar-refractivity contribution >= 4 is 17.7 Å². The third-order valence-corrected chi connectivity index (χ3v) is 4.68. The van der Waals surface area contributed by atoms with Crippen LogP contribution < -0.4 is 11.0 Å². The fraction of sp³-hybridized carbons (Fsp3) is 0.400. The molecule has 0 aliphatic heterocycles. The van der Waals surface area contributed by atoms with Crippen LogP contribution in [0, 0.1) is 11.6 Å². The molecule has 1 aliphatic rings. The summed E-state index contributed by atoms with van der Waals surface area (Å²) in [7, 11) is 0. The number of aromatic nitrogens is 3. The van der Waals surface area contributed by atoms with Crippen molar-refractivity contribution in [2.24, 2.45) is 0 Å². The normalized spacial score (nSPS) is 15.3. The molecule has 1 atom stereocenters. The topological polar surface area (TPSA) is 79.8 Å². The van der Waals surface area contributed by atoms with Crippen molar-refractivity contribution in [2.75, 3.05) is 5.75 Å². The summed E-state index contributed by atoms with van der Waals surface area (Å²) in [4.78, 5) is 23.7. The molecule has 1 heterocycles. The van der Waals surface area contributed by atoms with Gasteiger partial charge in [-0.05, 0) is 25.8 Å². The van der Waals surface area contributed by atoms with Gasteiger partial charge in [0.15, 0.2) is 5.16 Å². The molecule has 6 nitrogen and oxygen atoms in total. The van der Waals surface area contributed by atoms with Crippen molar-refractivity contribution in [1.29, 1.82) is 0 Å². The van der Waals surface area contributed by atoms with Gasteiger partial charge in [-0.3, -0.25) is 9.36 Å². The monoisotopic (exact) mass is 354 g/mol. The number of amides is 1. The predicted octanol–water partition coefficient (Wildman–Crippen LogP) is 2.15. The number of rotatable bonds is 6. The summed E-state index contributed by atoms with van der Waals surface area (Å²) < 4.78 is 28.2. The van der Waals surface area contributed by atoms with Gasteiger partial charge >= 0.3 is 5.69 Å². The van der Waals surface area contributed by atoms with Gasteiger partial charge in [-0.1, -0.05) is 17.8 Å². The van der Waals surface area contributed by atoms with Crippen molar-refractivity contribution in [3.8, 4) is 0 Å². The number of benzene rings is 1. The lowest BCUT2D eigenvalue weighted by Gasteiger charge is -2.15. The Morgan fingerprint density at radius 1 is 1.50 bits per heavy atom. The molecule has 9 heteroatoms. The Balaban J connectivity index is 1.59. The fourth-order valence-corrected chi connectivity index (χ4v) is 3.22. The maximum absolute atomic E-state index is 13.7. The predicted molar refractivity (Wildman–Crippen MR) is 84.8 cm³/mol. The quantitative estimate of drug-likeness (QED) is 0.779. The molecule has 0 bridgehead atoms. The third-order valence-electron chi connectivity index (χ3n) is 3.72. The first-order valence-electron chi connectivity index (χ1n) is 7.49. The van der Waals surface area contributed by atoms with Crippen molar-refractivity contribution in [1.82, 2.24) is 20.1 Å². The van der Waals surface area contributed by atoms with Crippen molar-refractivity contribution < 1.29 is 13.6 Å². The number of hydrogen-bond donors (Lipinski definition) is 2. The van der Waals surface area contributed by atoms with E-state index in [0.29, 0.717) is 5.16 Å². The zero-order chi connectivity index (χ0) is 17.3. The van der Waals surface area contributed by atoms with Crippen LogP contribution in [-0.2, 0) is 4.79 Å². The number of carbonyl (C=O) groups is 1. The highest BCUT2D eigenvalue weighted by atomic mass is 32.2. The molecule has 1 saturated carbocycles. The molecular formula is C15H16F2N4O2S. The lowest BCUT2D eigenvalue weighted by molar-refractivity contribution is -0.119. The number of carbonyl (C=O) groups excluding carboxylic acids is 1. The van der Waals surface area contributed by atoms with Crippen LogP contribution in [0.1, 0.15) is 37.4 Å². The molecule has 0 unspecified atom stereocenters. The van der Waals surface area contributed by atoms with E-state index in [1.807, 2.05) is 0 Å². The number of aromatic amines is 1. The first-order valence-corrected chi connectivity index (χ1v) is 8.48. The van der Waals surface area contributed by atoms with Crippen LogP contribution in [0.2, 0.25) is 0 Å². The van der Waals surface area contributed by atoms with Gasteiger partial charge < -0.3 is 5.32 Å². The minimum Gasteiger partial charge on any atom is -0.349 e. The SMILES string of the molecule is C[C@@H](NC(=O)CSc1n[nH]c(=O)n1C1CC1)c1ccc(F)cc1F. The largest absolute Gasteiger partial charge is 0.349 e. The second-order valence-corrected chi connectivity index (χ2v) is 6.60. The van der Waals surface area contributed by atoms with Crippen LogP contribution in [0.25, 0.3) is 0 Å². The maximum atomic E-state index is 13.7. The van der Waals surface area contributed by atoms with E-state index in [9.17, 15) is 18.4 Å². The van der Waals surface area contributed by atoms with E-state index in [-0.39, 0.29) is 29.0 Å². The summed E-state index contributed by atoms with van der Waals surface area (Å²) in [6.07, 6.45) is 1.86. The second kappa shape index (κ2) is 6.76. The summed E-state index contributed by atoms with van der Waals surface area (Å²) >= 11 is 1.14. The van der Waals surface area contributed by atoms with Gasteiger partial charge in [0.2, 0.25) is 5.91 Å². The molecular weight excluding hydrogens is 338 g/mol. The van der Waals surface area contributed by atoms with Gasteiger partial charge in [0.1, 0.15) is 11.6 Å². The van der Waals surface area contributed by atoms with E-state index < -0.39 is 17.7 Å². The zero-order valence-corrected chi connectivity index (χ0v) is 13.7. The van der Waals surface area contributed by atoms with Gasteiger partial charge in [0.05, 0.1) is 11.8 Å². The summed E-state index contributed by atoms with van der Waals surface area (Å²) in [6, 6.07) is 2.80. The van der Waals surface area contributed by atoms with Crippen LogP contribution in [0.4, 0.5) is 8.78 Å². The lowest BCUT2D eigenvalue weighted by Crippen LogP contribution is -2.29. The Labute approximate surface area is 140 Å². The number of nitrogens with one attached hydrogen (secondary N) is 2. The van der Waals surface area contributed by atoms with E-state index in [2.05, 4.69) is 15.5 Å². The van der Waals surface area contributed by atoms with Gasteiger partial charge in [-0.15, -0.1) is 5.10 Å². The molecule has 1 aromatic carbocycles. The first-order chi connectivity index (χ1) is 11.5. The van der Waals surface area contributed by atoms with Gasteiger partial charge in [0, 0.05) is 17.7 Å². The van der Waals surface area contributed by atoms with E-state index >= 15 is 0 Å². The van der Waals surface area contributed by atoms with Gasteiger partial charge in [-0.2, -0.15) is 0 Å². The molecule has 0 radical (unpaired) electrons. The number of halogens is 2. The average molecular weight is 354 g/mol. The van der Waals surface area contributed by atoms with E-state index in [1.54, 1.807) is 11.5 Å². The van der Waals surface area contributed by atoms with E-state index in [1.165, 1.54) is 6.07 Å². The standard InChI is InChI=1S/C15H16F2N4O2S/c1-8(11-5-2-9(16)6-12(11)17)18-13(22)7-24-15-20-19-14(23)21(15)10-3-4-10/h2,5-6,8,10H,3-4,7H2,1H3,(H,18,22)(H,19,23)/t8-/m1/s1. The third kappa shape index (κ3) is 3.66. The maximum Gasteiger partial charge on any atom is 0.344 e. The smallest absolute Gasteiger partial charge is 0.344 e. The van der Waals surface area contributed by atoms with Crippen molar-refractivity contribution in [3.63, 3.8) is 0 Å². The molecule has 2 N–H and O–H groups in total. The number of hydrogen-bond acceptors (Lipinski definition) is 4. The Kier molecular flexibility index (Phi) is 4.70. The van der Waals surface area contributed by atoms with Crippen LogP contribution in [0.3, 0.4) is 0 Å². The molecule has 0 saturated heterocycles.